The number of pyridine rings is 1. The van der Waals surface area contributed by atoms with Crippen LogP contribution in [-0.2, 0) is 17.8 Å². The van der Waals surface area contributed by atoms with E-state index in [4.69, 9.17) is 0 Å². The maximum atomic E-state index is 13.1. The van der Waals surface area contributed by atoms with Gasteiger partial charge in [-0.1, -0.05) is 12.8 Å². The third-order valence-corrected chi connectivity index (χ3v) is 5.30. The Morgan fingerprint density at radius 3 is 2.84 bits per heavy atom. The lowest BCUT2D eigenvalue weighted by Crippen LogP contribution is -2.44. The number of hydrogen-bond donors (Lipinski definition) is 0. The summed E-state index contributed by atoms with van der Waals surface area (Å²) in [5.41, 5.74) is 2.87. The highest BCUT2D eigenvalue weighted by atomic mass is 16.2. The van der Waals surface area contributed by atoms with Crippen LogP contribution in [0.25, 0.3) is 11.3 Å². The van der Waals surface area contributed by atoms with Gasteiger partial charge in [0.05, 0.1) is 17.5 Å². The van der Waals surface area contributed by atoms with Gasteiger partial charge in [0, 0.05) is 43.0 Å². The minimum atomic E-state index is -0.832. The lowest BCUT2D eigenvalue weighted by atomic mass is 9.85. The lowest BCUT2D eigenvalue weighted by molar-refractivity contribution is -0.139. The molecule has 6 nitrogen and oxygen atoms in total. The van der Waals surface area contributed by atoms with Crippen molar-refractivity contribution in [2.24, 2.45) is 5.41 Å². The SMILES string of the molecule is N#CC1(C(=O)N2CCc3ncnc(-c4cccnc4)c3C2)CCCC1. The van der Waals surface area contributed by atoms with Crippen molar-refractivity contribution < 1.29 is 4.79 Å². The van der Waals surface area contributed by atoms with Crippen molar-refractivity contribution in [2.75, 3.05) is 6.54 Å². The zero-order chi connectivity index (χ0) is 17.3. The Hall–Kier alpha value is -2.81. The van der Waals surface area contributed by atoms with Crippen molar-refractivity contribution in [2.45, 2.75) is 38.6 Å². The van der Waals surface area contributed by atoms with Crippen LogP contribution in [0.15, 0.2) is 30.9 Å². The normalized spacial score (nSPS) is 18.4. The summed E-state index contributed by atoms with van der Waals surface area (Å²) in [6, 6.07) is 6.15. The Morgan fingerprint density at radius 1 is 1.28 bits per heavy atom. The number of carbonyl (C=O) groups excluding carboxylic acids is 1. The summed E-state index contributed by atoms with van der Waals surface area (Å²) >= 11 is 0. The van der Waals surface area contributed by atoms with E-state index < -0.39 is 5.41 Å². The maximum Gasteiger partial charge on any atom is 0.243 e. The van der Waals surface area contributed by atoms with E-state index in [-0.39, 0.29) is 5.91 Å². The fourth-order valence-electron chi connectivity index (χ4n) is 3.92. The molecule has 0 saturated heterocycles. The summed E-state index contributed by atoms with van der Waals surface area (Å²) in [4.78, 5) is 27.9. The zero-order valence-electron chi connectivity index (χ0n) is 14.0. The van der Waals surface area contributed by atoms with E-state index in [1.807, 2.05) is 17.0 Å². The number of rotatable bonds is 2. The number of hydrogen-bond acceptors (Lipinski definition) is 5. The molecule has 0 N–H and O–H groups in total. The van der Waals surface area contributed by atoms with E-state index in [1.54, 1.807) is 18.7 Å². The number of nitrogens with zero attached hydrogens (tertiary/aromatic N) is 5. The molecular weight excluding hydrogens is 314 g/mol. The molecule has 1 amide bonds. The highest BCUT2D eigenvalue weighted by molar-refractivity contribution is 5.86. The van der Waals surface area contributed by atoms with E-state index in [2.05, 4.69) is 21.0 Å². The van der Waals surface area contributed by atoms with E-state index in [0.29, 0.717) is 32.4 Å². The van der Waals surface area contributed by atoms with Crippen molar-refractivity contribution in [3.05, 3.63) is 42.1 Å². The monoisotopic (exact) mass is 333 g/mol. The summed E-state index contributed by atoms with van der Waals surface area (Å²) in [7, 11) is 0. The van der Waals surface area contributed by atoms with Crippen molar-refractivity contribution in [1.82, 2.24) is 19.9 Å². The van der Waals surface area contributed by atoms with Crippen LogP contribution in [0, 0.1) is 16.7 Å². The second-order valence-electron chi connectivity index (χ2n) is 6.77. The minimum Gasteiger partial charge on any atom is -0.336 e. The molecule has 2 aromatic heterocycles. The molecule has 0 radical (unpaired) electrons. The summed E-state index contributed by atoms with van der Waals surface area (Å²) in [5, 5.41) is 9.62. The van der Waals surface area contributed by atoms with Crippen LogP contribution in [0.4, 0.5) is 0 Å². The summed E-state index contributed by atoms with van der Waals surface area (Å²) < 4.78 is 0. The number of amides is 1. The van der Waals surface area contributed by atoms with Crippen molar-refractivity contribution in [3.8, 4) is 17.3 Å². The molecule has 25 heavy (non-hydrogen) atoms. The molecule has 0 bridgehead atoms. The summed E-state index contributed by atoms with van der Waals surface area (Å²) in [6.07, 6.45) is 9.02. The van der Waals surface area contributed by atoms with E-state index in [0.717, 1.165) is 35.4 Å². The molecular formula is C19H19N5O. The predicted molar refractivity (Wildman–Crippen MR) is 90.9 cm³/mol. The van der Waals surface area contributed by atoms with Crippen molar-refractivity contribution in [3.63, 3.8) is 0 Å². The molecule has 1 saturated carbocycles. The summed E-state index contributed by atoms with van der Waals surface area (Å²) in [6.45, 7) is 1.07. The first-order valence-corrected chi connectivity index (χ1v) is 8.67. The van der Waals surface area contributed by atoms with E-state index in [1.165, 1.54) is 0 Å². The molecule has 2 aliphatic rings. The van der Waals surface area contributed by atoms with Crippen LogP contribution >= 0.6 is 0 Å². The van der Waals surface area contributed by atoms with Crippen LogP contribution in [0.5, 0.6) is 0 Å². The third kappa shape index (κ3) is 2.66. The first kappa shape index (κ1) is 15.7. The third-order valence-electron chi connectivity index (χ3n) is 5.30. The van der Waals surface area contributed by atoms with Crippen molar-refractivity contribution in [1.29, 1.82) is 5.26 Å². The van der Waals surface area contributed by atoms with Gasteiger partial charge in [0.25, 0.3) is 0 Å². The van der Waals surface area contributed by atoms with Gasteiger partial charge in [-0.15, -0.1) is 0 Å². The summed E-state index contributed by atoms with van der Waals surface area (Å²) in [5.74, 6) is -0.0286. The first-order chi connectivity index (χ1) is 12.2. The van der Waals surface area contributed by atoms with E-state index >= 15 is 0 Å². The second kappa shape index (κ2) is 6.25. The predicted octanol–water partition coefficient (Wildman–Crippen LogP) is 2.51. The highest BCUT2D eigenvalue weighted by Crippen LogP contribution is 2.40. The standard InChI is InChI=1S/C19H19N5O/c20-12-19(6-1-2-7-19)18(25)24-9-5-16-15(11-24)17(23-13-22-16)14-4-3-8-21-10-14/h3-4,8,10,13H,1-2,5-7,9,11H2. The van der Waals surface area contributed by atoms with Crippen LogP contribution in [0.1, 0.15) is 36.9 Å². The molecule has 0 spiro atoms. The van der Waals surface area contributed by atoms with Gasteiger partial charge >= 0.3 is 0 Å². The molecule has 2 aromatic rings. The van der Waals surface area contributed by atoms with Crippen molar-refractivity contribution >= 4 is 5.91 Å². The van der Waals surface area contributed by atoms with Gasteiger partial charge in [0.15, 0.2) is 0 Å². The topological polar surface area (TPSA) is 82.8 Å². The number of carbonyl (C=O) groups is 1. The zero-order valence-corrected chi connectivity index (χ0v) is 14.0. The molecule has 0 atom stereocenters. The molecule has 1 aliphatic carbocycles. The molecule has 1 aliphatic heterocycles. The van der Waals surface area contributed by atoms with E-state index in [9.17, 15) is 10.1 Å². The van der Waals surface area contributed by atoms with Gasteiger partial charge in [0.2, 0.25) is 5.91 Å². The fourth-order valence-corrected chi connectivity index (χ4v) is 3.92. The Morgan fingerprint density at radius 2 is 2.12 bits per heavy atom. The minimum absolute atomic E-state index is 0.0286. The molecule has 6 heteroatoms. The van der Waals surface area contributed by atoms with Gasteiger partial charge in [-0.05, 0) is 25.0 Å². The Kier molecular flexibility index (Phi) is 3.92. The van der Waals surface area contributed by atoms with Gasteiger partial charge in [-0.3, -0.25) is 9.78 Å². The number of aromatic nitrogens is 3. The smallest absolute Gasteiger partial charge is 0.243 e. The van der Waals surface area contributed by atoms with Gasteiger partial charge in [-0.2, -0.15) is 5.26 Å². The molecule has 126 valence electrons. The van der Waals surface area contributed by atoms with Gasteiger partial charge in [-0.25, -0.2) is 9.97 Å². The number of fused-ring (bicyclic) bond motifs is 1. The number of nitriles is 1. The quantitative estimate of drug-likeness (QED) is 0.843. The van der Waals surface area contributed by atoms with Crippen LogP contribution in [-0.4, -0.2) is 32.3 Å². The van der Waals surface area contributed by atoms with Crippen LogP contribution in [0.3, 0.4) is 0 Å². The Labute approximate surface area is 146 Å². The van der Waals surface area contributed by atoms with Gasteiger partial charge in [0.1, 0.15) is 11.7 Å². The fraction of sp³-hybridized carbons (Fsp3) is 0.421. The Bertz CT molecular complexity index is 837. The Balaban J connectivity index is 1.67. The molecule has 0 unspecified atom stereocenters. The average Bonchev–Trinajstić information content (AvgIpc) is 3.17. The lowest BCUT2D eigenvalue weighted by Gasteiger charge is -2.33. The van der Waals surface area contributed by atoms with Crippen LogP contribution in [0.2, 0.25) is 0 Å². The first-order valence-electron chi connectivity index (χ1n) is 8.67. The maximum absolute atomic E-state index is 13.1. The molecule has 3 heterocycles. The highest BCUT2D eigenvalue weighted by Gasteiger charge is 2.44. The molecule has 1 fully saturated rings. The molecule has 0 aromatic carbocycles. The van der Waals surface area contributed by atoms with Crippen LogP contribution < -0.4 is 0 Å². The van der Waals surface area contributed by atoms with Gasteiger partial charge < -0.3 is 4.90 Å². The average molecular weight is 333 g/mol. The second-order valence-corrected chi connectivity index (χ2v) is 6.77. The molecule has 4 rings (SSSR count). The largest absolute Gasteiger partial charge is 0.336 e.